The Labute approximate surface area is 161 Å². The highest BCUT2D eigenvalue weighted by Crippen LogP contribution is 2.28. The number of benzene rings is 2. The van der Waals surface area contributed by atoms with Crippen molar-refractivity contribution in [1.29, 1.82) is 0 Å². The van der Waals surface area contributed by atoms with Crippen LogP contribution < -0.4 is 5.32 Å². The van der Waals surface area contributed by atoms with Gasteiger partial charge in [-0.25, -0.2) is 4.79 Å². The van der Waals surface area contributed by atoms with Gasteiger partial charge in [-0.05, 0) is 68.9 Å². The van der Waals surface area contributed by atoms with Crippen molar-refractivity contribution < 1.29 is 14.7 Å². The highest BCUT2D eigenvalue weighted by atomic mass is 127. The highest BCUT2D eigenvalue weighted by molar-refractivity contribution is 14.1. The van der Waals surface area contributed by atoms with Crippen molar-refractivity contribution in [2.45, 2.75) is 0 Å². The zero-order chi connectivity index (χ0) is 16.4. The van der Waals surface area contributed by atoms with E-state index < -0.39 is 5.97 Å². The fourth-order valence-corrected chi connectivity index (χ4v) is 3.73. The van der Waals surface area contributed by atoms with Crippen LogP contribution in [-0.2, 0) is 0 Å². The van der Waals surface area contributed by atoms with Crippen LogP contribution in [0.15, 0.2) is 39.3 Å². The van der Waals surface area contributed by atoms with E-state index in [4.69, 9.17) is 16.7 Å². The van der Waals surface area contributed by atoms with Gasteiger partial charge in [0.1, 0.15) is 0 Å². The van der Waals surface area contributed by atoms with Gasteiger partial charge < -0.3 is 10.4 Å². The van der Waals surface area contributed by atoms with Crippen LogP contribution in [0, 0.1) is 3.57 Å². The maximum Gasteiger partial charge on any atom is 0.337 e. The number of rotatable bonds is 3. The quantitative estimate of drug-likeness (QED) is 0.390. The van der Waals surface area contributed by atoms with E-state index in [0.29, 0.717) is 11.3 Å². The Morgan fingerprint density at radius 3 is 2.41 bits per heavy atom. The topological polar surface area (TPSA) is 66.4 Å². The number of hydrogen-bond donors (Lipinski definition) is 2. The number of hydrogen-bond acceptors (Lipinski definition) is 2. The van der Waals surface area contributed by atoms with Gasteiger partial charge >= 0.3 is 5.97 Å². The predicted octanol–water partition coefficient (Wildman–Crippen LogP) is 5.42. The van der Waals surface area contributed by atoms with Gasteiger partial charge in [0.25, 0.3) is 5.91 Å². The van der Waals surface area contributed by atoms with E-state index in [1.807, 2.05) is 6.07 Å². The SMILES string of the molecule is O=C(O)c1ccc(NC(=O)c2cc(Br)cc(Br)c2I)cc1Cl. The fraction of sp³-hybridized carbons (Fsp3) is 0. The van der Waals surface area contributed by atoms with Gasteiger partial charge in [-0.15, -0.1) is 0 Å². The summed E-state index contributed by atoms with van der Waals surface area (Å²) >= 11 is 14.7. The number of carboxylic acid groups (broad SMARTS) is 1. The fourth-order valence-electron chi connectivity index (χ4n) is 1.69. The van der Waals surface area contributed by atoms with Gasteiger partial charge in [0.05, 0.1) is 16.1 Å². The first-order valence-corrected chi connectivity index (χ1v) is 8.82. The lowest BCUT2D eigenvalue weighted by molar-refractivity contribution is 0.0697. The van der Waals surface area contributed by atoms with Gasteiger partial charge in [0, 0.05) is 18.2 Å². The minimum Gasteiger partial charge on any atom is -0.478 e. The van der Waals surface area contributed by atoms with Gasteiger partial charge in [-0.2, -0.15) is 0 Å². The standard InChI is InChI=1S/C14H7Br2ClINO3/c15-6-3-9(12(18)10(16)4-6)13(20)19-7-1-2-8(14(21)22)11(17)5-7/h1-5H,(H,19,20)(H,21,22). The summed E-state index contributed by atoms with van der Waals surface area (Å²) in [4.78, 5) is 23.3. The molecule has 2 N–H and O–H groups in total. The van der Waals surface area contributed by atoms with Crippen LogP contribution >= 0.6 is 66.1 Å². The Kier molecular flexibility index (Phi) is 5.87. The normalized spacial score (nSPS) is 10.4. The molecule has 0 atom stereocenters. The van der Waals surface area contributed by atoms with Crippen LogP contribution in [0.5, 0.6) is 0 Å². The van der Waals surface area contributed by atoms with Gasteiger partial charge in [0.2, 0.25) is 0 Å². The van der Waals surface area contributed by atoms with Gasteiger partial charge in [0.15, 0.2) is 0 Å². The van der Waals surface area contributed by atoms with Crippen molar-refractivity contribution in [3.63, 3.8) is 0 Å². The molecule has 114 valence electrons. The molecule has 0 heterocycles. The van der Waals surface area contributed by atoms with E-state index in [1.54, 1.807) is 6.07 Å². The van der Waals surface area contributed by atoms with Crippen molar-refractivity contribution in [2.75, 3.05) is 5.32 Å². The largest absolute Gasteiger partial charge is 0.478 e. The second-order valence-electron chi connectivity index (χ2n) is 4.20. The van der Waals surface area contributed by atoms with Crippen LogP contribution in [0.1, 0.15) is 20.7 Å². The van der Waals surface area contributed by atoms with E-state index in [2.05, 4.69) is 59.8 Å². The number of carboxylic acids is 1. The van der Waals surface area contributed by atoms with E-state index in [-0.39, 0.29) is 16.5 Å². The average Bonchev–Trinajstić information content (AvgIpc) is 2.42. The first kappa shape index (κ1) is 17.7. The molecule has 0 aliphatic heterocycles. The van der Waals surface area contributed by atoms with Crippen LogP contribution in [0.2, 0.25) is 5.02 Å². The number of anilines is 1. The van der Waals surface area contributed by atoms with Crippen molar-refractivity contribution in [3.05, 3.63) is 59.0 Å². The molecule has 2 aromatic rings. The number of aromatic carboxylic acids is 1. The maximum absolute atomic E-state index is 12.4. The lowest BCUT2D eigenvalue weighted by atomic mass is 10.2. The second kappa shape index (κ2) is 7.29. The van der Waals surface area contributed by atoms with Gasteiger partial charge in [-0.1, -0.05) is 27.5 Å². The summed E-state index contributed by atoms with van der Waals surface area (Å²) in [5.41, 5.74) is 0.895. The lowest BCUT2D eigenvalue weighted by Crippen LogP contribution is -2.14. The van der Waals surface area contributed by atoms with E-state index >= 15 is 0 Å². The molecule has 8 heteroatoms. The smallest absolute Gasteiger partial charge is 0.337 e. The molecule has 22 heavy (non-hydrogen) atoms. The Morgan fingerprint density at radius 2 is 1.82 bits per heavy atom. The van der Waals surface area contributed by atoms with Crippen molar-refractivity contribution in [1.82, 2.24) is 0 Å². The Hall–Kier alpha value is -0.640. The molecule has 0 spiro atoms. The van der Waals surface area contributed by atoms with Crippen LogP contribution in [-0.4, -0.2) is 17.0 Å². The number of carbonyl (C=O) groups is 2. The molecule has 0 saturated carbocycles. The van der Waals surface area contributed by atoms with Crippen molar-refractivity contribution in [3.8, 4) is 0 Å². The molecule has 2 aromatic carbocycles. The first-order valence-electron chi connectivity index (χ1n) is 5.78. The van der Waals surface area contributed by atoms with E-state index in [1.165, 1.54) is 18.2 Å². The first-order chi connectivity index (χ1) is 10.3. The molecular weight excluding hydrogens is 552 g/mol. The average molecular weight is 559 g/mol. The molecule has 0 radical (unpaired) electrons. The number of amides is 1. The molecule has 0 aliphatic carbocycles. The minimum atomic E-state index is -1.12. The summed E-state index contributed by atoms with van der Waals surface area (Å²) in [6.45, 7) is 0. The highest BCUT2D eigenvalue weighted by Gasteiger charge is 2.15. The number of nitrogens with one attached hydrogen (secondary N) is 1. The van der Waals surface area contributed by atoms with Crippen LogP contribution in [0.3, 0.4) is 0 Å². The van der Waals surface area contributed by atoms with Crippen LogP contribution in [0.25, 0.3) is 0 Å². The second-order valence-corrected chi connectivity index (χ2v) is 7.46. The van der Waals surface area contributed by atoms with Gasteiger partial charge in [-0.3, -0.25) is 4.79 Å². The maximum atomic E-state index is 12.4. The number of carbonyl (C=O) groups excluding carboxylic acids is 1. The minimum absolute atomic E-state index is 0.0144. The Bertz CT molecular complexity index is 783. The lowest BCUT2D eigenvalue weighted by Gasteiger charge is -2.10. The molecule has 0 fully saturated rings. The molecule has 0 unspecified atom stereocenters. The summed E-state index contributed by atoms with van der Waals surface area (Å²) in [5.74, 6) is -1.43. The molecule has 1 amide bonds. The third-order valence-corrected chi connectivity index (χ3v) is 5.99. The molecule has 0 saturated heterocycles. The summed E-state index contributed by atoms with van der Waals surface area (Å²) in [5, 5.41) is 11.7. The third-order valence-electron chi connectivity index (χ3n) is 2.69. The number of halogens is 4. The molecular formula is C14H7Br2ClINO3. The zero-order valence-corrected chi connectivity index (χ0v) is 16.7. The summed E-state index contributed by atoms with van der Waals surface area (Å²) in [7, 11) is 0. The van der Waals surface area contributed by atoms with Crippen molar-refractivity contribution >= 4 is 83.6 Å². The predicted molar refractivity (Wildman–Crippen MR) is 101 cm³/mol. The summed E-state index contributed by atoms with van der Waals surface area (Å²) in [6, 6.07) is 7.80. The molecule has 0 aliphatic rings. The third kappa shape index (κ3) is 4.01. The molecule has 0 aromatic heterocycles. The van der Waals surface area contributed by atoms with E-state index in [0.717, 1.165) is 12.5 Å². The molecule has 2 rings (SSSR count). The summed E-state index contributed by atoms with van der Waals surface area (Å²) in [6.07, 6.45) is 0. The van der Waals surface area contributed by atoms with Crippen molar-refractivity contribution in [2.24, 2.45) is 0 Å². The Balaban J connectivity index is 2.30. The zero-order valence-electron chi connectivity index (χ0n) is 10.7. The van der Waals surface area contributed by atoms with E-state index in [9.17, 15) is 9.59 Å². The van der Waals surface area contributed by atoms with Crippen LogP contribution in [0.4, 0.5) is 5.69 Å². The molecule has 0 bridgehead atoms. The summed E-state index contributed by atoms with van der Waals surface area (Å²) < 4.78 is 2.34. The monoisotopic (exact) mass is 557 g/mol. The molecule has 4 nitrogen and oxygen atoms in total. The Morgan fingerprint density at radius 1 is 1.14 bits per heavy atom.